The van der Waals surface area contributed by atoms with E-state index in [4.69, 9.17) is 0 Å². The highest BCUT2D eigenvalue weighted by Crippen LogP contribution is 2.24. The lowest BCUT2D eigenvalue weighted by Gasteiger charge is -1.94. The highest BCUT2D eigenvalue weighted by atomic mass is 32.2. The van der Waals surface area contributed by atoms with Gasteiger partial charge in [0.25, 0.3) is 6.33 Å². The highest BCUT2D eigenvalue weighted by molar-refractivity contribution is 7.98. The van der Waals surface area contributed by atoms with Gasteiger partial charge in [-0.2, -0.15) is 0 Å². The maximum Gasteiger partial charge on any atom is 0.673 e. The standard InChI is InChI=1S/C8H9N2S2.BF4/c1-10-5-9-7(11-2)6-3-4-12-8(6)10;2-1(3,4)5/h3-5H,1-2H3;/q+1;-1. The van der Waals surface area contributed by atoms with Gasteiger partial charge in [-0.15, -0.1) is 11.3 Å². The Labute approximate surface area is 104 Å². The van der Waals surface area contributed by atoms with Gasteiger partial charge in [0.15, 0.2) is 4.83 Å². The smallest absolute Gasteiger partial charge is 0.418 e. The number of thioether (sulfide) groups is 1. The fraction of sp³-hybridized carbons (Fsp3) is 0.250. The van der Waals surface area contributed by atoms with Crippen molar-refractivity contribution in [2.24, 2.45) is 7.05 Å². The maximum absolute atomic E-state index is 9.75. The van der Waals surface area contributed by atoms with Crippen LogP contribution in [0.1, 0.15) is 0 Å². The Kier molecular flexibility index (Phi) is 4.75. The summed E-state index contributed by atoms with van der Waals surface area (Å²) >= 11 is 3.45. The van der Waals surface area contributed by atoms with Gasteiger partial charge >= 0.3 is 7.25 Å². The van der Waals surface area contributed by atoms with Gasteiger partial charge in [-0.3, -0.25) is 0 Å². The van der Waals surface area contributed by atoms with Gasteiger partial charge in [0.1, 0.15) is 0 Å². The predicted octanol–water partition coefficient (Wildman–Crippen LogP) is 3.14. The Morgan fingerprint density at radius 3 is 2.47 bits per heavy atom. The van der Waals surface area contributed by atoms with Crippen molar-refractivity contribution in [1.29, 1.82) is 0 Å². The topological polar surface area (TPSA) is 16.8 Å². The molecule has 0 unspecified atom stereocenters. The van der Waals surface area contributed by atoms with E-state index in [-0.39, 0.29) is 0 Å². The lowest BCUT2D eigenvalue weighted by atomic mass is 10.3. The van der Waals surface area contributed by atoms with Crippen molar-refractivity contribution < 1.29 is 21.8 Å². The largest absolute Gasteiger partial charge is 0.673 e. The fourth-order valence-corrected chi connectivity index (χ4v) is 2.60. The van der Waals surface area contributed by atoms with E-state index in [0.717, 1.165) is 5.03 Å². The van der Waals surface area contributed by atoms with Crippen LogP contribution in [0.15, 0.2) is 22.8 Å². The minimum absolute atomic E-state index is 1.12. The molecule has 0 amide bonds. The summed E-state index contributed by atoms with van der Waals surface area (Å²) in [6.45, 7) is 0. The van der Waals surface area contributed by atoms with E-state index in [1.165, 1.54) is 10.2 Å². The average Bonchev–Trinajstić information content (AvgIpc) is 2.65. The van der Waals surface area contributed by atoms with Gasteiger partial charge < -0.3 is 17.3 Å². The van der Waals surface area contributed by atoms with Gasteiger partial charge in [-0.1, -0.05) is 11.8 Å². The van der Waals surface area contributed by atoms with Gasteiger partial charge in [0, 0.05) is 0 Å². The third kappa shape index (κ3) is 4.51. The Morgan fingerprint density at radius 2 is 1.94 bits per heavy atom. The fourth-order valence-electron chi connectivity index (χ4n) is 1.16. The lowest BCUT2D eigenvalue weighted by molar-refractivity contribution is -0.646. The lowest BCUT2D eigenvalue weighted by Crippen LogP contribution is -2.28. The predicted molar refractivity (Wildman–Crippen MR) is 62.8 cm³/mol. The molecular weight excluding hydrogens is 275 g/mol. The van der Waals surface area contributed by atoms with Crippen LogP contribution in [0.5, 0.6) is 0 Å². The van der Waals surface area contributed by atoms with Crippen LogP contribution in [-0.2, 0) is 7.05 Å². The number of aryl methyl sites for hydroxylation is 1. The van der Waals surface area contributed by atoms with Crippen molar-refractivity contribution in [2.45, 2.75) is 5.03 Å². The van der Waals surface area contributed by atoms with Crippen molar-refractivity contribution in [1.82, 2.24) is 4.98 Å². The van der Waals surface area contributed by atoms with E-state index in [1.54, 1.807) is 23.1 Å². The van der Waals surface area contributed by atoms with E-state index < -0.39 is 7.25 Å². The first-order valence-corrected chi connectivity index (χ1v) is 6.56. The SMILES string of the molecule is CSc1nc[n+](C)c2sccc12.F[B-](F)(F)F. The van der Waals surface area contributed by atoms with E-state index in [1.807, 2.05) is 13.4 Å². The summed E-state index contributed by atoms with van der Waals surface area (Å²) in [5, 5.41) is 4.48. The number of hydrogen-bond acceptors (Lipinski definition) is 3. The van der Waals surface area contributed by atoms with Crippen molar-refractivity contribution >= 4 is 40.6 Å². The quantitative estimate of drug-likeness (QED) is 0.263. The van der Waals surface area contributed by atoms with Crippen LogP contribution in [0.2, 0.25) is 0 Å². The molecule has 0 saturated heterocycles. The number of thiophene rings is 1. The molecule has 0 bridgehead atoms. The molecule has 0 atom stereocenters. The summed E-state index contributed by atoms with van der Waals surface area (Å²) in [5.74, 6) is 0. The summed E-state index contributed by atoms with van der Waals surface area (Å²) in [4.78, 5) is 5.62. The number of fused-ring (bicyclic) bond motifs is 1. The van der Waals surface area contributed by atoms with Crippen molar-refractivity contribution in [3.8, 4) is 0 Å². The summed E-state index contributed by atoms with van der Waals surface area (Å²) < 4.78 is 41.1. The molecule has 9 heteroatoms. The Hall–Kier alpha value is -0.825. The van der Waals surface area contributed by atoms with E-state index in [9.17, 15) is 17.3 Å². The van der Waals surface area contributed by atoms with Gasteiger partial charge in [0.2, 0.25) is 5.03 Å². The molecule has 94 valence electrons. The normalized spacial score (nSPS) is 11.2. The van der Waals surface area contributed by atoms with E-state index in [0.29, 0.717) is 0 Å². The molecule has 0 radical (unpaired) electrons. The van der Waals surface area contributed by atoms with Crippen molar-refractivity contribution in [3.05, 3.63) is 17.8 Å². The zero-order valence-corrected chi connectivity index (χ0v) is 10.7. The first-order chi connectivity index (χ1) is 7.83. The Morgan fingerprint density at radius 1 is 1.35 bits per heavy atom. The molecular formula is C8H9BF4N2S2. The molecule has 2 aromatic heterocycles. The average molecular weight is 284 g/mol. The molecule has 0 fully saturated rings. The molecule has 2 rings (SSSR count). The maximum atomic E-state index is 9.75. The highest BCUT2D eigenvalue weighted by Gasteiger charge is 2.20. The molecule has 0 aromatic carbocycles. The van der Waals surface area contributed by atoms with Crippen LogP contribution >= 0.6 is 23.1 Å². The first kappa shape index (κ1) is 14.2. The number of halogens is 4. The number of aromatic nitrogens is 2. The van der Waals surface area contributed by atoms with Crippen molar-refractivity contribution in [2.75, 3.05) is 6.26 Å². The molecule has 0 saturated carbocycles. The molecule has 0 aliphatic heterocycles. The number of hydrogen-bond donors (Lipinski definition) is 0. The van der Waals surface area contributed by atoms with Crippen LogP contribution in [-0.4, -0.2) is 18.5 Å². The summed E-state index contributed by atoms with van der Waals surface area (Å²) in [6.07, 6.45) is 3.92. The van der Waals surface area contributed by atoms with Crippen LogP contribution in [0.25, 0.3) is 10.2 Å². The van der Waals surface area contributed by atoms with E-state index in [2.05, 4.69) is 27.3 Å². The first-order valence-electron chi connectivity index (χ1n) is 4.46. The van der Waals surface area contributed by atoms with Gasteiger partial charge in [-0.25, -0.2) is 4.57 Å². The molecule has 2 heterocycles. The van der Waals surface area contributed by atoms with Gasteiger partial charge in [0.05, 0.1) is 12.4 Å². The molecule has 0 spiro atoms. The van der Waals surface area contributed by atoms with Crippen LogP contribution in [0.4, 0.5) is 17.3 Å². The Balaban J connectivity index is 0.000000249. The second-order valence-electron chi connectivity index (χ2n) is 3.00. The van der Waals surface area contributed by atoms with Crippen LogP contribution in [0, 0.1) is 0 Å². The third-order valence-electron chi connectivity index (χ3n) is 1.74. The minimum atomic E-state index is -6.00. The van der Waals surface area contributed by atoms with Crippen molar-refractivity contribution in [3.63, 3.8) is 0 Å². The zero-order chi connectivity index (χ0) is 13.1. The van der Waals surface area contributed by atoms with Crippen LogP contribution in [0.3, 0.4) is 0 Å². The summed E-state index contributed by atoms with van der Waals surface area (Å²) in [6, 6.07) is 2.12. The number of rotatable bonds is 1. The Bertz CT molecular complexity index is 494. The molecule has 2 nitrogen and oxygen atoms in total. The minimum Gasteiger partial charge on any atom is -0.418 e. The second-order valence-corrected chi connectivity index (χ2v) is 4.69. The molecule has 2 aromatic rings. The third-order valence-corrected chi connectivity index (χ3v) is 3.45. The van der Waals surface area contributed by atoms with E-state index >= 15 is 0 Å². The number of nitrogens with zero attached hydrogens (tertiary/aromatic N) is 2. The second kappa shape index (κ2) is 5.68. The molecule has 0 N–H and O–H groups in total. The summed E-state index contributed by atoms with van der Waals surface area (Å²) in [7, 11) is -3.98. The van der Waals surface area contributed by atoms with Gasteiger partial charge in [-0.05, 0) is 22.7 Å². The summed E-state index contributed by atoms with van der Waals surface area (Å²) in [5.41, 5.74) is 0. The zero-order valence-electron chi connectivity index (χ0n) is 9.03. The monoisotopic (exact) mass is 284 g/mol. The molecule has 0 aliphatic rings. The molecule has 17 heavy (non-hydrogen) atoms. The molecule has 0 aliphatic carbocycles. The van der Waals surface area contributed by atoms with Crippen LogP contribution < -0.4 is 4.57 Å².